The van der Waals surface area contributed by atoms with Gasteiger partial charge < -0.3 is 5.11 Å². The Morgan fingerprint density at radius 2 is 1.73 bits per heavy atom. The van der Waals surface area contributed by atoms with Crippen LogP contribution in [0.5, 0.6) is 0 Å². The Morgan fingerprint density at radius 1 is 1.20 bits per heavy atom. The van der Waals surface area contributed by atoms with Crippen molar-refractivity contribution in [2.24, 2.45) is 0 Å². The number of rotatable bonds is 3. The molecule has 0 aromatic heterocycles. The zero-order chi connectivity index (χ0) is 11.5. The molecule has 0 bridgehead atoms. The molecule has 1 rings (SSSR count). The monoisotopic (exact) mass is 218 g/mol. The molecule has 4 heteroatoms. The van der Waals surface area contributed by atoms with Gasteiger partial charge in [-0.15, -0.1) is 0 Å². The van der Waals surface area contributed by atoms with Gasteiger partial charge in [0.2, 0.25) is 0 Å². The molecule has 0 aliphatic carbocycles. The average Bonchev–Trinajstić information content (AvgIpc) is 2.19. The molecule has 1 aromatic carbocycles. The van der Waals surface area contributed by atoms with Crippen molar-refractivity contribution in [2.45, 2.75) is 25.4 Å². The van der Waals surface area contributed by atoms with Gasteiger partial charge in [0.05, 0.1) is 5.56 Å². The maximum Gasteiger partial charge on any atom is 0.416 e. The molecule has 0 aliphatic heterocycles. The van der Waals surface area contributed by atoms with Gasteiger partial charge >= 0.3 is 6.18 Å². The van der Waals surface area contributed by atoms with E-state index in [1.807, 2.05) is 6.92 Å². The largest absolute Gasteiger partial charge is 0.416 e. The van der Waals surface area contributed by atoms with E-state index in [-0.39, 0.29) is 12.5 Å². The Kier molecular flexibility index (Phi) is 3.74. The Hall–Kier alpha value is -1.03. The third-order valence-electron chi connectivity index (χ3n) is 2.42. The Morgan fingerprint density at radius 3 is 2.07 bits per heavy atom. The Bertz CT molecular complexity index is 299. The maximum absolute atomic E-state index is 12.2. The molecule has 1 atom stereocenters. The molecule has 1 aromatic rings. The lowest BCUT2D eigenvalue weighted by Crippen LogP contribution is -2.06. The van der Waals surface area contributed by atoms with Crippen LogP contribution >= 0.6 is 0 Å². The Labute approximate surface area is 86.5 Å². The minimum absolute atomic E-state index is 0.0398. The number of benzene rings is 1. The summed E-state index contributed by atoms with van der Waals surface area (Å²) in [5, 5.41) is 8.99. The number of aliphatic hydroxyl groups excluding tert-OH is 1. The van der Waals surface area contributed by atoms with Gasteiger partial charge in [0.1, 0.15) is 0 Å². The van der Waals surface area contributed by atoms with Crippen LogP contribution in [0.3, 0.4) is 0 Å². The van der Waals surface area contributed by atoms with Crippen LogP contribution in [0.2, 0.25) is 0 Å². The van der Waals surface area contributed by atoms with Crippen molar-refractivity contribution in [2.75, 3.05) is 6.61 Å². The van der Waals surface area contributed by atoms with Crippen LogP contribution in [0.4, 0.5) is 13.2 Å². The topological polar surface area (TPSA) is 20.2 Å². The fourth-order valence-electron chi connectivity index (χ4n) is 1.41. The van der Waals surface area contributed by atoms with Crippen molar-refractivity contribution in [3.8, 4) is 0 Å². The molecule has 0 radical (unpaired) electrons. The van der Waals surface area contributed by atoms with E-state index in [9.17, 15) is 13.2 Å². The number of hydrogen-bond acceptors (Lipinski definition) is 1. The molecule has 0 saturated heterocycles. The van der Waals surface area contributed by atoms with Crippen LogP contribution in [-0.4, -0.2) is 11.7 Å². The summed E-state index contributed by atoms with van der Waals surface area (Å²) in [6.07, 6.45) is -3.58. The van der Waals surface area contributed by atoms with Crippen LogP contribution in [0.15, 0.2) is 24.3 Å². The SMILES string of the molecule is CCC(CO)c1ccc(C(F)(F)F)cc1. The summed E-state index contributed by atoms with van der Waals surface area (Å²) in [6.45, 7) is 1.85. The predicted octanol–water partition coefficient (Wildman–Crippen LogP) is 3.19. The molecule has 0 amide bonds. The maximum atomic E-state index is 12.2. The van der Waals surface area contributed by atoms with Crippen molar-refractivity contribution < 1.29 is 18.3 Å². The number of hydrogen-bond donors (Lipinski definition) is 1. The van der Waals surface area contributed by atoms with Gasteiger partial charge in [-0.3, -0.25) is 0 Å². The smallest absolute Gasteiger partial charge is 0.396 e. The van der Waals surface area contributed by atoms with Gasteiger partial charge in [0.25, 0.3) is 0 Å². The normalized spacial score (nSPS) is 13.9. The van der Waals surface area contributed by atoms with Crippen LogP contribution in [0.25, 0.3) is 0 Å². The first kappa shape index (κ1) is 12.0. The minimum atomic E-state index is -4.29. The van der Waals surface area contributed by atoms with Gasteiger partial charge in [-0.05, 0) is 24.1 Å². The molecular weight excluding hydrogens is 205 g/mol. The quantitative estimate of drug-likeness (QED) is 0.826. The predicted molar refractivity (Wildman–Crippen MR) is 51.6 cm³/mol. The molecule has 0 saturated carbocycles. The summed E-state index contributed by atoms with van der Waals surface area (Å²) in [7, 11) is 0. The third kappa shape index (κ3) is 2.96. The van der Waals surface area contributed by atoms with Gasteiger partial charge in [0.15, 0.2) is 0 Å². The molecule has 1 N–H and O–H groups in total. The van der Waals surface area contributed by atoms with Crippen molar-refractivity contribution in [1.29, 1.82) is 0 Å². The minimum Gasteiger partial charge on any atom is -0.396 e. The van der Waals surface area contributed by atoms with Gasteiger partial charge in [0, 0.05) is 12.5 Å². The second-order valence-corrected chi connectivity index (χ2v) is 3.41. The number of halogens is 3. The number of aliphatic hydroxyl groups is 1. The lowest BCUT2D eigenvalue weighted by Gasteiger charge is -2.13. The average molecular weight is 218 g/mol. The third-order valence-corrected chi connectivity index (χ3v) is 2.42. The van der Waals surface area contributed by atoms with E-state index in [2.05, 4.69) is 0 Å². The standard InChI is InChI=1S/C11H13F3O/c1-2-8(7-15)9-3-5-10(6-4-9)11(12,13)14/h3-6,8,15H,2,7H2,1H3. The van der Waals surface area contributed by atoms with Crippen LogP contribution < -0.4 is 0 Å². The van der Waals surface area contributed by atoms with Crippen molar-refractivity contribution >= 4 is 0 Å². The van der Waals surface area contributed by atoms with E-state index in [0.29, 0.717) is 6.42 Å². The lowest BCUT2D eigenvalue weighted by atomic mass is 9.96. The second-order valence-electron chi connectivity index (χ2n) is 3.41. The van der Waals surface area contributed by atoms with Crippen LogP contribution in [0, 0.1) is 0 Å². The van der Waals surface area contributed by atoms with Gasteiger partial charge in [-0.25, -0.2) is 0 Å². The summed E-state index contributed by atoms with van der Waals surface area (Å²) >= 11 is 0. The molecule has 0 spiro atoms. The number of alkyl halides is 3. The zero-order valence-electron chi connectivity index (χ0n) is 8.38. The van der Waals surface area contributed by atoms with Gasteiger partial charge in [-0.2, -0.15) is 13.2 Å². The summed E-state index contributed by atoms with van der Waals surface area (Å²) in [5.41, 5.74) is 0.0899. The molecule has 1 unspecified atom stereocenters. The molecule has 0 fully saturated rings. The summed E-state index contributed by atoms with van der Waals surface area (Å²) < 4.78 is 36.7. The summed E-state index contributed by atoms with van der Waals surface area (Å²) in [4.78, 5) is 0. The van der Waals surface area contributed by atoms with Gasteiger partial charge in [-0.1, -0.05) is 19.1 Å². The van der Waals surface area contributed by atoms with Crippen LogP contribution in [0.1, 0.15) is 30.4 Å². The molecule has 15 heavy (non-hydrogen) atoms. The highest BCUT2D eigenvalue weighted by atomic mass is 19.4. The highest BCUT2D eigenvalue weighted by Crippen LogP contribution is 2.30. The van der Waals surface area contributed by atoms with Crippen molar-refractivity contribution in [3.63, 3.8) is 0 Å². The first-order valence-corrected chi connectivity index (χ1v) is 4.77. The van der Waals surface area contributed by atoms with Crippen LogP contribution in [-0.2, 0) is 6.18 Å². The first-order chi connectivity index (χ1) is 6.99. The Balaban J connectivity index is 2.89. The van der Waals surface area contributed by atoms with Crippen molar-refractivity contribution in [1.82, 2.24) is 0 Å². The fourth-order valence-corrected chi connectivity index (χ4v) is 1.41. The van der Waals surface area contributed by atoms with E-state index < -0.39 is 11.7 Å². The second kappa shape index (κ2) is 4.66. The van der Waals surface area contributed by atoms with E-state index in [4.69, 9.17) is 5.11 Å². The lowest BCUT2D eigenvalue weighted by molar-refractivity contribution is -0.137. The van der Waals surface area contributed by atoms with E-state index >= 15 is 0 Å². The van der Waals surface area contributed by atoms with Crippen molar-refractivity contribution in [3.05, 3.63) is 35.4 Å². The molecule has 84 valence electrons. The molecular formula is C11H13F3O. The van der Waals surface area contributed by atoms with E-state index in [1.54, 1.807) is 0 Å². The molecule has 0 heterocycles. The highest BCUT2D eigenvalue weighted by molar-refractivity contribution is 5.27. The molecule has 1 nitrogen and oxygen atoms in total. The fraction of sp³-hybridized carbons (Fsp3) is 0.455. The summed E-state index contributed by atoms with van der Waals surface area (Å²) in [6, 6.07) is 4.95. The van der Waals surface area contributed by atoms with E-state index in [1.165, 1.54) is 12.1 Å². The van der Waals surface area contributed by atoms with E-state index in [0.717, 1.165) is 17.7 Å². The molecule has 0 aliphatic rings. The zero-order valence-corrected chi connectivity index (χ0v) is 8.38. The highest BCUT2D eigenvalue weighted by Gasteiger charge is 2.30. The summed E-state index contributed by atoms with van der Waals surface area (Å²) in [5.74, 6) is -0.0766. The first-order valence-electron chi connectivity index (χ1n) is 4.77.